The second-order valence-electron chi connectivity index (χ2n) is 5.19. The Morgan fingerprint density at radius 1 is 1.55 bits per heavy atom. The summed E-state index contributed by atoms with van der Waals surface area (Å²) >= 11 is 9.43. The molecular formula is C15H19BrClNO2. The molecule has 1 aromatic rings. The van der Waals surface area contributed by atoms with Crippen LogP contribution >= 0.6 is 27.5 Å². The van der Waals surface area contributed by atoms with Crippen LogP contribution in [0.15, 0.2) is 22.7 Å². The number of halogens is 2. The summed E-state index contributed by atoms with van der Waals surface area (Å²) in [5.74, 6) is 0.0849. The fraction of sp³-hybridized carbons (Fsp3) is 0.533. The van der Waals surface area contributed by atoms with Crippen molar-refractivity contribution in [2.24, 2.45) is 0 Å². The molecule has 5 heteroatoms. The third-order valence-electron chi connectivity index (χ3n) is 3.49. The maximum absolute atomic E-state index is 12.2. The van der Waals surface area contributed by atoms with E-state index in [1.54, 1.807) is 12.1 Å². The van der Waals surface area contributed by atoms with Crippen LogP contribution in [0.2, 0.25) is 5.02 Å². The Bertz CT molecular complexity index is 475. The highest BCUT2D eigenvalue weighted by molar-refractivity contribution is 9.10. The molecular weight excluding hydrogens is 342 g/mol. The van der Waals surface area contributed by atoms with Gasteiger partial charge < -0.3 is 9.64 Å². The molecule has 1 atom stereocenters. The molecule has 1 aromatic carbocycles. The fourth-order valence-corrected chi connectivity index (χ4v) is 3.15. The maximum Gasteiger partial charge on any atom is 0.165 e. The Labute approximate surface area is 133 Å². The van der Waals surface area contributed by atoms with E-state index in [4.69, 9.17) is 16.3 Å². The lowest BCUT2D eigenvalue weighted by Gasteiger charge is -2.20. The number of hydrogen-bond donors (Lipinski definition) is 0. The van der Waals surface area contributed by atoms with Gasteiger partial charge in [0.25, 0.3) is 0 Å². The van der Waals surface area contributed by atoms with Crippen molar-refractivity contribution in [2.75, 3.05) is 26.7 Å². The molecule has 0 amide bonds. The van der Waals surface area contributed by atoms with E-state index in [0.29, 0.717) is 23.1 Å². The standard InChI is InChI=1S/C15H19BrClNO2/c1-18(10-12-3-2-8-20-12)7-6-15(19)13-5-4-11(16)9-14(13)17/h4-5,9,12H,2-3,6-8,10H2,1H3. The number of carbonyl (C=O) groups excluding carboxylic acids is 1. The Kier molecular flexibility index (Phi) is 6.02. The molecule has 1 saturated heterocycles. The van der Waals surface area contributed by atoms with E-state index in [-0.39, 0.29) is 5.78 Å². The van der Waals surface area contributed by atoms with Crippen molar-refractivity contribution >= 4 is 33.3 Å². The van der Waals surface area contributed by atoms with Crippen molar-refractivity contribution in [3.8, 4) is 0 Å². The summed E-state index contributed by atoms with van der Waals surface area (Å²) in [4.78, 5) is 14.3. The zero-order chi connectivity index (χ0) is 14.5. The van der Waals surface area contributed by atoms with Gasteiger partial charge in [-0.25, -0.2) is 0 Å². The summed E-state index contributed by atoms with van der Waals surface area (Å²) in [5.41, 5.74) is 0.598. The minimum absolute atomic E-state index is 0.0849. The molecule has 2 rings (SSSR count). The van der Waals surface area contributed by atoms with E-state index in [1.165, 1.54) is 0 Å². The van der Waals surface area contributed by atoms with Crippen molar-refractivity contribution in [1.29, 1.82) is 0 Å². The minimum Gasteiger partial charge on any atom is -0.377 e. The molecule has 1 unspecified atom stereocenters. The smallest absolute Gasteiger partial charge is 0.165 e. The molecule has 110 valence electrons. The monoisotopic (exact) mass is 359 g/mol. The van der Waals surface area contributed by atoms with Gasteiger partial charge in [-0.15, -0.1) is 0 Å². The summed E-state index contributed by atoms with van der Waals surface area (Å²) in [6.07, 6.45) is 3.07. The number of carbonyl (C=O) groups is 1. The molecule has 1 heterocycles. The summed E-state index contributed by atoms with van der Waals surface area (Å²) in [6.45, 7) is 2.48. The summed E-state index contributed by atoms with van der Waals surface area (Å²) in [6, 6.07) is 5.37. The van der Waals surface area contributed by atoms with Gasteiger partial charge in [0.05, 0.1) is 11.1 Å². The highest BCUT2D eigenvalue weighted by Gasteiger charge is 2.18. The topological polar surface area (TPSA) is 29.5 Å². The second kappa shape index (κ2) is 7.55. The van der Waals surface area contributed by atoms with E-state index in [1.807, 2.05) is 13.1 Å². The first kappa shape index (κ1) is 16.0. The molecule has 1 fully saturated rings. The predicted octanol–water partition coefficient (Wildman–Crippen LogP) is 3.79. The molecule has 3 nitrogen and oxygen atoms in total. The SMILES string of the molecule is CN(CCC(=O)c1ccc(Br)cc1Cl)CC1CCCO1. The van der Waals surface area contributed by atoms with Crippen LogP contribution in [-0.2, 0) is 4.74 Å². The molecule has 0 N–H and O–H groups in total. The molecule has 0 radical (unpaired) electrons. The average Bonchev–Trinajstić information content (AvgIpc) is 2.89. The Hall–Kier alpha value is -0.420. The van der Waals surface area contributed by atoms with Crippen LogP contribution in [0.4, 0.5) is 0 Å². The first-order valence-electron chi connectivity index (χ1n) is 6.84. The summed E-state index contributed by atoms with van der Waals surface area (Å²) in [5, 5.41) is 0.506. The van der Waals surface area contributed by atoms with Gasteiger partial charge in [0.15, 0.2) is 5.78 Å². The molecule has 20 heavy (non-hydrogen) atoms. The highest BCUT2D eigenvalue weighted by Crippen LogP contribution is 2.22. The summed E-state index contributed by atoms with van der Waals surface area (Å²) in [7, 11) is 2.03. The second-order valence-corrected chi connectivity index (χ2v) is 6.52. The van der Waals surface area contributed by atoms with E-state index in [0.717, 1.165) is 37.0 Å². The first-order valence-corrected chi connectivity index (χ1v) is 8.02. The lowest BCUT2D eigenvalue weighted by molar-refractivity contribution is 0.0778. The average molecular weight is 361 g/mol. The van der Waals surface area contributed by atoms with E-state index < -0.39 is 0 Å². The van der Waals surface area contributed by atoms with E-state index in [2.05, 4.69) is 20.8 Å². The Morgan fingerprint density at radius 3 is 3.00 bits per heavy atom. The van der Waals surface area contributed by atoms with Gasteiger partial charge in [-0.2, -0.15) is 0 Å². The van der Waals surface area contributed by atoms with Crippen LogP contribution in [0.1, 0.15) is 29.6 Å². The van der Waals surface area contributed by atoms with Gasteiger partial charge in [-0.3, -0.25) is 4.79 Å². The normalized spacial score (nSPS) is 18.7. The largest absolute Gasteiger partial charge is 0.377 e. The lowest BCUT2D eigenvalue weighted by Crippen LogP contribution is -2.30. The molecule has 0 spiro atoms. The quantitative estimate of drug-likeness (QED) is 0.723. The van der Waals surface area contributed by atoms with Gasteiger partial charge in [0.2, 0.25) is 0 Å². The zero-order valence-corrected chi connectivity index (χ0v) is 13.9. The molecule has 0 bridgehead atoms. The minimum atomic E-state index is 0.0849. The predicted molar refractivity (Wildman–Crippen MR) is 84.6 cm³/mol. The van der Waals surface area contributed by atoms with Gasteiger partial charge in [-0.05, 0) is 38.1 Å². The Morgan fingerprint density at radius 2 is 2.35 bits per heavy atom. The third kappa shape index (κ3) is 4.55. The van der Waals surface area contributed by atoms with Gasteiger partial charge in [0.1, 0.15) is 0 Å². The van der Waals surface area contributed by atoms with Crippen LogP contribution in [-0.4, -0.2) is 43.5 Å². The van der Waals surface area contributed by atoms with Crippen LogP contribution in [0.3, 0.4) is 0 Å². The fourth-order valence-electron chi connectivity index (χ4n) is 2.37. The number of hydrogen-bond acceptors (Lipinski definition) is 3. The van der Waals surface area contributed by atoms with Gasteiger partial charge in [-0.1, -0.05) is 27.5 Å². The number of ether oxygens (including phenoxy) is 1. The third-order valence-corrected chi connectivity index (χ3v) is 4.30. The van der Waals surface area contributed by atoms with Gasteiger partial charge >= 0.3 is 0 Å². The van der Waals surface area contributed by atoms with Crippen molar-refractivity contribution in [3.63, 3.8) is 0 Å². The highest BCUT2D eigenvalue weighted by atomic mass is 79.9. The van der Waals surface area contributed by atoms with E-state index >= 15 is 0 Å². The molecule has 0 saturated carbocycles. The van der Waals surface area contributed by atoms with E-state index in [9.17, 15) is 4.79 Å². The number of Topliss-reactive ketones (excluding diaryl/α,β-unsaturated/α-hetero) is 1. The molecule has 1 aliphatic rings. The Balaban J connectivity index is 1.81. The van der Waals surface area contributed by atoms with Crippen molar-refractivity contribution in [1.82, 2.24) is 4.90 Å². The van der Waals surface area contributed by atoms with Crippen LogP contribution < -0.4 is 0 Å². The zero-order valence-electron chi connectivity index (χ0n) is 11.6. The lowest BCUT2D eigenvalue weighted by atomic mass is 10.1. The molecule has 0 aromatic heterocycles. The van der Waals surface area contributed by atoms with Crippen LogP contribution in [0.5, 0.6) is 0 Å². The number of ketones is 1. The molecule has 1 aliphatic heterocycles. The van der Waals surface area contributed by atoms with Crippen molar-refractivity contribution in [3.05, 3.63) is 33.3 Å². The van der Waals surface area contributed by atoms with Crippen molar-refractivity contribution < 1.29 is 9.53 Å². The van der Waals surface area contributed by atoms with Crippen LogP contribution in [0, 0.1) is 0 Å². The van der Waals surface area contributed by atoms with Crippen LogP contribution in [0.25, 0.3) is 0 Å². The number of benzene rings is 1. The number of likely N-dealkylation sites (N-methyl/N-ethyl adjacent to an activating group) is 1. The number of rotatable bonds is 6. The number of nitrogens with zero attached hydrogens (tertiary/aromatic N) is 1. The maximum atomic E-state index is 12.2. The summed E-state index contributed by atoms with van der Waals surface area (Å²) < 4.78 is 6.48. The first-order chi connectivity index (χ1) is 9.56. The van der Waals surface area contributed by atoms with Gasteiger partial charge in [0, 0.05) is 36.2 Å². The van der Waals surface area contributed by atoms with Crippen molar-refractivity contribution in [2.45, 2.75) is 25.4 Å². The molecule has 0 aliphatic carbocycles.